The van der Waals surface area contributed by atoms with E-state index in [4.69, 9.17) is 0 Å². The second-order valence-corrected chi connectivity index (χ2v) is 10.2. The van der Waals surface area contributed by atoms with E-state index >= 15 is 0 Å². The van der Waals surface area contributed by atoms with E-state index < -0.39 is 26.5 Å². The van der Waals surface area contributed by atoms with Crippen LogP contribution in [0.4, 0.5) is 0 Å². The molecule has 0 heterocycles. The van der Waals surface area contributed by atoms with E-state index in [9.17, 15) is 18.0 Å². The maximum Gasteiger partial charge on any atom is 0.249 e. The SMILES string of the molecule is CCN(CC)C1=C(S(=O)(=O)N(Cc2ccccc2)Cc2ccccc2)C(=O)c2ccccc2C1=O. The molecule has 1 aliphatic rings. The largest absolute Gasteiger partial charge is 0.368 e. The Morgan fingerprint density at radius 1 is 0.629 bits per heavy atom. The number of carbonyl (C=O) groups is 2. The summed E-state index contributed by atoms with van der Waals surface area (Å²) in [5.41, 5.74) is 1.87. The number of likely N-dealkylation sites (N-methyl/N-ethyl adjacent to an activating group) is 1. The number of rotatable bonds is 9. The van der Waals surface area contributed by atoms with Gasteiger partial charge in [-0.2, -0.15) is 4.31 Å². The van der Waals surface area contributed by atoms with E-state index in [1.165, 1.54) is 10.4 Å². The predicted octanol–water partition coefficient (Wildman–Crippen LogP) is 4.65. The molecule has 0 fully saturated rings. The van der Waals surface area contributed by atoms with Gasteiger partial charge in [-0.1, -0.05) is 84.9 Å². The van der Waals surface area contributed by atoms with E-state index in [1.807, 2.05) is 74.5 Å². The van der Waals surface area contributed by atoms with Crippen LogP contribution in [0.3, 0.4) is 0 Å². The summed E-state index contributed by atoms with van der Waals surface area (Å²) in [6.07, 6.45) is 0. The molecule has 180 valence electrons. The van der Waals surface area contributed by atoms with Crippen LogP contribution in [-0.2, 0) is 23.1 Å². The van der Waals surface area contributed by atoms with Crippen LogP contribution in [0.15, 0.2) is 95.5 Å². The van der Waals surface area contributed by atoms with Crippen molar-refractivity contribution in [2.24, 2.45) is 0 Å². The Balaban J connectivity index is 1.90. The average molecular weight is 489 g/mol. The first kappa shape index (κ1) is 24.6. The van der Waals surface area contributed by atoms with Crippen molar-refractivity contribution in [3.63, 3.8) is 0 Å². The van der Waals surface area contributed by atoms with E-state index in [0.717, 1.165) is 11.1 Å². The molecule has 4 rings (SSSR count). The quantitative estimate of drug-likeness (QED) is 0.438. The van der Waals surface area contributed by atoms with E-state index in [2.05, 4.69) is 0 Å². The molecule has 0 N–H and O–H groups in total. The highest BCUT2D eigenvalue weighted by Gasteiger charge is 2.43. The zero-order valence-electron chi connectivity index (χ0n) is 19.8. The Labute approximate surface area is 206 Å². The van der Waals surface area contributed by atoms with Crippen molar-refractivity contribution >= 4 is 21.6 Å². The normalized spacial score (nSPS) is 13.8. The smallest absolute Gasteiger partial charge is 0.249 e. The Hall–Kier alpha value is -3.55. The summed E-state index contributed by atoms with van der Waals surface area (Å²) in [5, 5.41) is 0. The summed E-state index contributed by atoms with van der Waals surface area (Å²) >= 11 is 0. The molecular weight excluding hydrogens is 460 g/mol. The summed E-state index contributed by atoms with van der Waals surface area (Å²) in [7, 11) is -4.36. The number of Topliss-reactive ketones (excluding diaryl/α,β-unsaturated/α-hetero) is 2. The lowest BCUT2D eigenvalue weighted by Gasteiger charge is -2.32. The van der Waals surface area contributed by atoms with Crippen molar-refractivity contribution in [1.82, 2.24) is 9.21 Å². The maximum atomic E-state index is 14.3. The summed E-state index contributed by atoms with van der Waals surface area (Å²) in [5.74, 6) is -1.09. The first-order valence-electron chi connectivity index (χ1n) is 11.6. The molecule has 3 aromatic rings. The van der Waals surface area contributed by atoms with Gasteiger partial charge in [0.2, 0.25) is 21.6 Å². The van der Waals surface area contributed by atoms with Gasteiger partial charge < -0.3 is 4.90 Å². The van der Waals surface area contributed by atoms with Crippen LogP contribution in [0.5, 0.6) is 0 Å². The van der Waals surface area contributed by atoms with Gasteiger partial charge in [0.1, 0.15) is 5.70 Å². The van der Waals surface area contributed by atoms with Gasteiger partial charge in [-0.3, -0.25) is 9.59 Å². The molecule has 1 aliphatic carbocycles. The van der Waals surface area contributed by atoms with Crippen LogP contribution >= 0.6 is 0 Å². The highest BCUT2D eigenvalue weighted by molar-refractivity contribution is 7.94. The standard InChI is InChI=1S/C28H28N2O4S/c1-3-29(4-2)25-26(31)23-17-11-12-18-24(23)27(32)28(25)35(33,34)30(19-21-13-7-5-8-14-21)20-22-15-9-6-10-16-22/h5-18H,3-4,19-20H2,1-2H3. The Kier molecular flexibility index (Phi) is 7.28. The molecule has 0 radical (unpaired) electrons. The Bertz CT molecular complexity index is 1320. The van der Waals surface area contributed by atoms with Crippen LogP contribution in [0.25, 0.3) is 0 Å². The van der Waals surface area contributed by atoms with Crippen LogP contribution in [0.2, 0.25) is 0 Å². The molecule has 0 bridgehead atoms. The summed E-state index contributed by atoms with van der Waals surface area (Å²) < 4.78 is 29.8. The van der Waals surface area contributed by atoms with E-state index in [1.54, 1.807) is 23.1 Å². The topological polar surface area (TPSA) is 74.8 Å². The van der Waals surface area contributed by atoms with Gasteiger partial charge >= 0.3 is 0 Å². The zero-order valence-corrected chi connectivity index (χ0v) is 20.7. The second kappa shape index (κ2) is 10.4. The van der Waals surface area contributed by atoms with Crippen molar-refractivity contribution < 1.29 is 18.0 Å². The van der Waals surface area contributed by atoms with Crippen LogP contribution in [-0.4, -0.2) is 42.3 Å². The molecule has 0 aliphatic heterocycles. The second-order valence-electron chi connectivity index (χ2n) is 8.30. The lowest BCUT2D eigenvalue weighted by molar-refractivity contribution is 0.0948. The number of fused-ring (bicyclic) bond motifs is 1. The first-order chi connectivity index (χ1) is 16.9. The molecule has 3 aromatic carbocycles. The molecule has 0 aromatic heterocycles. The minimum atomic E-state index is -4.36. The third-order valence-corrected chi connectivity index (χ3v) is 7.97. The third-order valence-electron chi connectivity index (χ3n) is 6.13. The van der Waals surface area contributed by atoms with E-state index in [0.29, 0.717) is 13.1 Å². The number of carbonyl (C=O) groups excluding carboxylic acids is 2. The number of hydrogen-bond acceptors (Lipinski definition) is 5. The fraction of sp³-hybridized carbons (Fsp3) is 0.214. The molecule has 6 nitrogen and oxygen atoms in total. The number of sulfonamides is 1. The Morgan fingerprint density at radius 3 is 1.51 bits per heavy atom. The van der Waals surface area contributed by atoms with Gasteiger partial charge in [0.25, 0.3) is 0 Å². The van der Waals surface area contributed by atoms with Crippen molar-refractivity contribution in [1.29, 1.82) is 0 Å². The van der Waals surface area contributed by atoms with Crippen molar-refractivity contribution in [3.05, 3.63) is 118 Å². The lowest BCUT2D eigenvalue weighted by atomic mass is 9.92. The molecule has 0 spiro atoms. The average Bonchev–Trinajstić information content (AvgIpc) is 2.88. The first-order valence-corrected chi connectivity index (χ1v) is 13.1. The number of allylic oxidation sites excluding steroid dienone is 2. The predicted molar refractivity (Wildman–Crippen MR) is 136 cm³/mol. The van der Waals surface area contributed by atoms with Crippen molar-refractivity contribution in [2.75, 3.05) is 13.1 Å². The number of ketones is 2. The molecule has 0 saturated carbocycles. The van der Waals surface area contributed by atoms with E-state index in [-0.39, 0.29) is 29.9 Å². The van der Waals surface area contributed by atoms with Crippen LogP contribution in [0, 0.1) is 0 Å². The molecule has 0 atom stereocenters. The molecule has 7 heteroatoms. The highest BCUT2D eigenvalue weighted by atomic mass is 32.2. The van der Waals surface area contributed by atoms with Gasteiger partial charge in [-0.15, -0.1) is 0 Å². The number of hydrogen-bond donors (Lipinski definition) is 0. The zero-order chi connectivity index (χ0) is 25.0. The monoisotopic (exact) mass is 488 g/mol. The maximum absolute atomic E-state index is 14.3. The summed E-state index contributed by atoms with van der Waals surface area (Å²) in [4.78, 5) is 28.5. The number of benzene rings is 3. The molecule has 0 unspecified atom stereocenters. The van der Waals surface area contributed by atoms with Crippen molar-refractivity contribution in [2.45, 2.75) is 26.9 Å². The minimum Gasteiger partial charge on any atom is -0.368 e. The van der Waals surface area contributed by atoms with Crippen LogP contribution in [0.1, 0.15) is 45.7 Å². The lowest BCUT2D eigenvalue weighted by Crippen LogP contribution is -2.41. The highest BCUT2D eigenvalue weighted by Crippen LogP contribution is 2.34. The van der Waals surface area contributed by atoms with Crippen LogP contribution < -0.4 is 0 Å². The van der Waals surface area contributed by atoms with Gasteiger partial charge in [0, 0.05) is 37.3 Å². The molecule has 0 saturated heterocycles. The summed E-state index contributed by atoms with van der Waals surface area (Å²) in [6.45, 7) is 4.59. The third kappa shape index (κ3) is 4.83. The van der Waals surface area contributed by atoms with Crippen molar-refractivity contribution in [3.8, 4) is 0 Å². The van der Waals surface area contributed by atoms with Gasteiger partial charge in [-0.05, 0) is 25.0 Å². The fourth-order valence-electron chi connectivity index (χ4n) is 4.34. The van der Waals surface area contributed by atoms with Gasteiger partial charge in [-0.25, -0.2) is 8.42 Å². The number of nitrogens with zero attached hydrogens (tertiary/aromatic N) is 2. The minimum absolute atomic E-state index is 0.0511. The fourth-order valence-corrected chi connectivity index (χ4v) is 6.04. The molecule has 35 heavy (non-hydrogen) atoms. The van der Waals surface area contributed by atoms with Gasteiger partial charge in [0.15, 0.2) is 4.91 Å². The molecular formula is C28H28N2O4S. The van der Waals surface area contributed by atoms with Gasteiger partial charge in [0.05, 0.1) is 0 Å². The Morgan fingerprint density at radius 2 is 1.06 bits per heavy atom. The molecule has 0 amide bonds. The summed E-state index contributed by atoms with van der Waals surface area (Å²) in [6, 6.07) is 24.9.